The molecule has 5 atom stereocenters. The Morgan fingerprint density at radius 2 is 2.06 bits per heavy atom. The molecular weight excluding hydrogens is 473 g/mol. The van der Waals surface area contributed by atoms with Crippen LogP contribution in [-0.2, 0) is 31.5 Å². The van der Waals surface area contributed by atoms with Crippen LogP contribution in [0.4, 0.5) is 5.82 Å². The molecule has 184 valence electrons. The molecule has 0 radical (unpaired) electrons. The van der Waals surface area contributed by atoms with E-state index in [0.717, 1.165) is 0 Å². The molecule has 3 aromatic rings. The highest BCUT2D eigenvalue weighted by Gasteiger charge is 2.49. The van der Waals surface area contributed by atoms with Crippen molar-refractivity contribution in [2.75, 3.05) is 12.3 Å². The number of aliphatic hydroxyl groups is 2. The van der Waals surface area contributed by atoms with Crippen LogP contribution in [-0.4, -0.2) is 69.6 Å². The maximum absolute atomic E-state index is 12.6. The molecule has 0 bridgehead atoms. The normalized spacial score (nSPS) is 24.5. The van der Waals surface area contributed by atoms with Gasteiger partial charge in [0.15, 0.2) is 17.7 Å². The van der Waals surface area contributed by atoms with Gasteiger partial charge < -0.3 is 36.4 Å². The van der Waals surface area contributed by atoms with E-state index in [0.29, 0.717) is 11.3 Å². The minimum absolute atomic E-state index is 0.0547. The van der Waals surface area contributed by atoms with Crippen LogP contribution in [0, 0.1) is 6.92 Å². The highest BCUT2D eigenvalue weighted by Crippen LogP contribution is 2.49. The lowest BCUT2D eigenvalue weighted by molar-refractivity contribution is -0.0512. The Balaban J connectivity index is 1.51. The molecular formula is C18H24N7O8P. The van der Waals surface area contributed by atoms with Crippen molar-refractivity contribution in [2.45, 2.75) is 44.6 Å². The SMILES string of the molecule is Cc1ncc(COP(=O)(O)O[C@H]2[C@@H](O)[C@H](n3cnc4c(N)ncnc43)O[C@@H]2CO)c(CN)c1O. The number of hydrogen-bond donors (Lipinski definition) is 6. The number of aromatic nitrogens is 5. The molecule has 15 nitrogen and oxygen atoms in total. The molecule has 1 aliphatic rings. The molecule has 1 saturated heterocycles. The Morgan fingerprint density at radius 1 is 1.29 bits per heavy atom. The molecule has 4 heterocycles. The maximum atomic E-state index is 12.6. The monoisotopic (exact) mass is 497 g/mol. The van der Waals surface area contributed by atoms with Gasteiger partial charge in [-0.25, -0.2) is 19.5 Å². The number of imidazole rings is 1. The van der Waals surface area contributed by atoms with E-state index in [-0.39, 0.29) is 34.8 Å². The van der Waals surface area contributed by atoms with Crippen molar-refractivity contribution in [2.24, 2.45) is 5.73 Å². The molecule has 4 rings (SSSR count). The van der Waals surface area contributed by atoms with Crippen molar-refractivity contribution in [3.05, 3.63) is 35.7 Å². The molecule has 1 aliphatic heterocycles. The van der Waals surface area contributed by atoms with Gasteiger partial charge in [-0.1, -0.05) is 0 Å². The number of nitrogens with two attached hydrogens (primary N) is 2. The zero-order valence-corrected chi connectivity index (χ0v) is 18.8. The number of ether oxygens (including phenoxy) is 1. The summed E-state index contributed by atoms with van der Waals surface area (Å²) in [6.45, 7) is 0.437. The molecule has 8 N–H and O–H groups in total. The van der Waals surface area contributed by atoms with Gasteiger partial charge in [-0.2, -0.15) is 0 Å². The van der Waals surface area contributed by atoms with E-state index < -0.39 is 45.6 Å². The fraction of sp³-hybridized carbons (Fsp3) is 0.444. The second-order valence-corrected chi connectivity index (χ2v) is 8.94. The summed E-state index contributed by atoms with van der Waals surface area (Å²) >= 11 is 0. The van der Waals surface area contributed by atoms with E-state index in [1.165, 1.54) is 23.4 Å². The predicted molar refractivity (Wildman–Crippen MR) is 115 cm³/mol. The van der Waals surface area contributed by atoms with E-state index in [1.807, 2.05) is 0 Å². The van der Waals surface area contributed by atoms with Crippen LogP contribution in [0.25, 0.3) is 11.2 Å². The summed E-state index contributed by atoms with van der Waals surface area (Å²) in [6.07, 6.45) is -1.43. The largest absolute Gasteiger partial charge is 0.506 e. The Morgan fingerprint density at radius 3 is 2.76 bits per heavy atom. The Kier molecular flexibility index (Phi) is 6.80. The number of phosphoric ester groups is 1. The lowest BCUT2D eigenvalue weighted by Gasteiger charge is -2.22. The number of anilines is 1. The van der Waals surface area contributed by atoms with Crippen LogP contribution in [0.2, 0.25) is 0 Å². The van der Waals surface area contributed by atoms with Crippen LogP contribution in [0.15, 0.2) is 18.9 Å². The van der Waals surface area contributed by atoms with Gasteiger partial charge in [0.1, 0.15) is 35.9 Å². The van der Waals surface area contributed by atoms with Crippen LogP contribution in [0.3, 0.4) is 0 Å². The molecule has 34 heavy (non-hydrogen) atoms. The Bertz CT molecular complexity index is 1240. The number of nitrogen functional groups attached to an aromatic ring is 1. The average Bonchev–Trinajstić information content (AvgIpc) is 3.36. The summed E-state index contributed by atoms with van der Waals surface area (Å²) in [5, 5.41) is 30.6. The van der Waals surface area contributed by atoms with Crippen molar-refractivity contribution in [1.29, 1.82) is 0 Å². The third-order valence-corrected chi connectivity index (χ3v) is 6.39. The third-order valence-electron chi connectivity index (χ3n) is 5.42. The van der Waals surface area contributed by atoms with E-state index in [9.17, 15) is 24.8 Å². The van der Waals surface area contributed by atoms with Gasteiger partial charge in [-0.15, -0.1) is 0 Å². The molecule has 0 aliphatic carbocycles. The molecule has 0 amide bonds. The maximum Gasteiger partial charge on any atom is 0.472 e. The summed E-state index contributed by atoms with van der Waals surface area (Å²) < 4.78 is 29.9. The van der Waals surface area contributed by atoms with Crippen molar-refractivity contribution >= 4 is 24.8 Å². The number of pyridine rings is 1. The number of aliphatic hydroxyl groups excluding tert-OH is 2. The van der Waals surface area contributed by atoms with Gasteiger partial charge in [0.05, 0.1) is 25.2 Å². The van der Waals surface area contributed by atoms with Gasteiger partial charge in [0.25, 0.3) is 0 Å². The standard InChI is InChI=1S/C18H24N7O8P/c1-8-13(27)10(2-19)9(3-21-8)5-31-34(29,30)33-15-11(4-26)32-18(14(15)28)25-7-24-12-16(20)22-6-23-17(12)25/h3,6-7,11,14-15,18,26-28H,2,4-5,19H2,1H3,(H,29,30)(H2,20,22,23)/t11-,14-,15-,18-/m1/s1. The van der Waals surface area contributed by atoms with Crippen molar-refractivity contribution < 1.29 is 38.6 Å². The number of rotatable bonds is 8. The Labute approximate surface area is 192 Å². The molecule has 0 aromatic carbocycles. The van der Waals surface area contributed by atoms with Gasteiger partial charge in [-0.05, 0) is 6.92 Å². The van der Waals surface area contributed by atoms with Gasteiger partial charge in [0.2, 0.25) is 0 Å². The van der Waals surface area contributed by atoms with E-state index in [4.69, 9.17) is 25.3 Å². The zero-order chi connectivity index (χ0) is 24.6. The second-order valence-electron chi connectivity index (χ2n) is 7.53. The first-order valence-electron chi connectivity index (χ1n) is 10.1. The van der Waals surface area contributed by atoms with Crippen LogP contribution < -0.4 is 11.5 Å². The summed E-state index contributed by atoms with van der Waals surface area (Å²) in [4.78, 5) is 26.3. The minimum Gasteiger partial charge on any atom is -0.506 e. The van der Waals surface area contributed by atoms with Gasteiger partial charge in [-0.3, -0.25) is 18.6 Å². The highest BCUT2D eigenvalue weighted by atomic mass is 31.2. The van der Waals surface area contributed by atoms with E-state index in [2.05, 4.69) is 19.9 Å². The van der Waals surface area contributed by atoms with Crippen LogP contribution in [0.1, 0.15) is 23.0 Å². The number of aryl methyl sites for hydroxylation is 1. The number of hydrogen-bond acceptors (Lipinski definition) is 13. The van der Waals surface area contributed by atoms with Crippen molar-refractivity contribution in [3.8, 4) is 5.75 Å². The van der Waals surface area contributed by atoms with Crippen LogP contribution in [0.5, 0.6) is 5.75 Å². The first-order valence-corrected chi connectivity index (χ1v) is 11.6. The minimum atomic E-state index is -4.78. The third kappa shape index (κ3) is 4.47. The first-order chi connectivity index (χ1) is 16.2. The molecule has 0 spiro atoms. The fourth-order valence-corrected chi connectivity index (χ4v) is 4.59. The quantitative estimate of drug-likeness (QED) is 0.210. The Hall–Kier alpha value is -2.75. The first kappa shape index (κ1) is 24.4. The smallest absolute Gasteiger partial charge is 0.472 e. The fourth-order valence-electron chi connectivity index (χ4n) is 3.65. The van der Waals surface area contributed by atoms with E-state index >= 15 is 0 Å². The summed E-state index contributed by atoms with van der Waals surface area (Å²) in [5.74, 6) is -0.0263. The second kappa shape index (κ2) is 9.48. The summed E-state index contributed by atoms with van der Waals surface area (Å²) in [5.41, 5.74) is 12.9. The topological polar surface area (TPSA) is 234 Å². The predicted octanol–water partition coefficient (Wildman–Crippen LogP) is -0.771. The number of fused-ring (bicyclic) bond motifs is 1. The lowest BCUT2D eigenvalue weighted by Crippen LogP contribution is -2.35. The molecule has 16 heteroatoms. The molecule has 3 aromatic heterocycles. The van der Waals surface area contributed by atoms with Gasteiger partial charge in [0, 0.05) is 23.9 Å². The van der Waals surface area contributed by atoms with Crippen molar-refractivity contribution in [3.63, 3.8) is 0 Å². The average molecular weight is 497 g/mol. The number of aromatic hydroxyl groups is 1. The highest BCUT2D eigenvalue weighted by molar-refractivity contribution is 7.47. The summed E-state index contributed by atoms with van der Waals surface area (Å²) in [7, 11) is -4.78. The van der Waals surface area contributed by atoms with Crippen molar-refractivity contribution in [1.82, 2.24) is 24.5 Å². The lowest BCUT2D eigenvalue weighted by atomic mass is 10.1. The molecule has 1 unspecified atom stereocenters. The van der Waals surface area contributed by atoms with Crippen LogP contribution >= 0.6 is 7.82 Å². The molecule has 0 saturated carbocycles. The number of phosphoric acid groups is 1. The van der Waals surface area contributed by atoms with E-state index in [1.54, 1.807) is 6.92 Å². The zero-order valence-electron chi connectivity index (χ0n) is 17.9. The summed E-state index contributed by atoms with van der Waals surface area (Å²) in [6, 6.07) is 0. The van der Waals surface area contributed by atoms with Gasteiger partial charge >= 0.3 is 7.82 Å². The molecule has 1 fully saturated rings. The number of nitrogens with zero attached hydrogens (tertiary/aromatic N) is 5.